The van der Waals surface area contributed by atoms with E-state index in [0.717, 1.165) is 5.56 Å². The normalized spacial score (nSPS) is 10.0. The molecule has 0 aliphatic heterocycles. The van der Waals surface area contributed by atoms with Crippen LogP contribution in [0.25, 0.3) is 11.1 Å². The van der Waals surface area contributed by atoms with Crippen molar-refractivity contribution in [1.82, 2.24) is 0 Å². The van der Waals surface area contributed by atoms with Crippen LogP contribution in [0, 0.1) is 11.9 Å². The molecule has 0 saturated carbocycles. The van der Waals surface area contributed by atoms with E-state index < -0.39 is 0 Å². The van der Waals surface area contributed by atoms with Gasteiger partial charge in [0.25, 0.3) is 0 Å². The fourth-order valence-corrected chi connectivity index (χ4v) is 1.42. The van der Waals surface area contributed by atoms with Crippen LogP contribution >= 0.6 is 0 Å². The van der Waals surface area contributed by atoms with Gasteiger partial charge in [0, 0.05) is 5.56 Å². The van der Waals surface area contributed by atoms with Gasteiger partial charge in [-0.25, -0.2) is 4.39 Å². The largest absolute Gasteiger partial charge is 0.497 e. The molecule has 0 atom stereocenters. The SMILES string of the molecule is COc1cccc(-c2[c]cccc2F)c1. The molecule has 1 nitrogen and oxygen atoms in total. The van der Waals surface area contributed by atoms with Gasteiger partial charge in [-0.3, -0.25) is 0 Å². The molecule has 0 aliphatic rings. The molecule has 0 heterocycles. The van der Waals surface area contributed by atoms with Gasteiger partial charge >= 0.3 is 0 Å². The van der Waals surface area contributed by atoms with E-state index in [1.54, 1.807) is 25.3 Å². The number of rotatable bonds is 2. The van der Waals surface area contributed by atoms with E-state index in [-0.39, 0.29) is 5.82 Å². The summed E-state index contributed by atoms with van der Waals surface area (Å²) in [5.41, 5.74) is 1.24. The van der Waals surface area contributed by atoms with Crippen molar-refractivity contribution in [3.05, 3.63) is 54.3 Å². The van der Waals surface area contributed by atoms with Crippen LogP contribution in [0.1, 0.15) is 0 Å². The summed E-state index contributed by atoms with van der Waals surface area (Å²) in [6, 6.07) is 14.9. The second-order valence-corrected chi connectivity index (χ2v) is 3.13. The summed E-state index contributed by atoms with van der Waals surface area (Å²) in [5, 5.41) is 0. The molecular formula is C13H10FO. The maximum atomic E-state index is 13.4. The number of methoxy groups -OCH3 is 1. The van der Waals surface area contributed by atoms with Gasteiger partial charge < -0.3 is 4.74 Å². The van der Waals surface area contributed by atoms with Crippen LogP contribution in [-0.2, 0) is 0 Å². The quantitative estimate of drug-likeness (QED) is 0.724. The lowest BCUT2D eigenvalue weighted by Gasteiger charge is -2.04. The Morgan fingerprint density at radius 3 is 2.80 bits per heavy atom. The molecule has 2 heteroatoms. The highest BCUT2D eigenvalue weighted by molar-refractivity contribution is 5.64. The lowest BCUT2D eigenvalue weighted by atomic mass is 10.1. The number of hydrogen-bond acceptors (Lipinski definition) is 1. The topological polar surface area (TPSA) is 9.23 Å². The summed E-state index contributed by atoms with van der Waals surface area (Å²) in [5.74, 6) is 0.440. The molecular weight excluding hydrogens is 191 g/mol. The van der Waals surface area contributed by atoms with Gasteiger partial charge in [0.15, 0.2) is 0 Å². The van der Waals surface area contributed by atoms with Crippen molar-refractivity contribution < 1.29 is 9.13 Å². The Morgan fingerprint density at radius 1 is 1.20 bits per heavy atom. The summed E-state index contributed by atoms with van der Waals surface area (Å²) < 4.78 is 18.5. The van der Waals surface area contributed by atoms with Gasteiger partial charge in [0.1, 0.15) is 11.6 Å². The third kappa shape index (κ3) is 1.99. The zero-order valence-corrected chi connectivity index (χ0v) is 8.33. The van der Waals surface area contributed by atoms with Gasteiger partial charge in [-0.05, 0) is 29.8 Å². The zero-order chi connectivity index (χ0) is 10.7. The predicted octanol–water partition coefficient (Wildman–Crippen LogP) is 3.30. The molecule has 0 aliphatic carbocycles. The summed E-state index contributed by atoms with van der Waals surface area (Å²) in [6.45, 7) is 0. The minimum Gasteiger partial charge on any atom is -0.497 e. The third-order valence-electron chi connectivity index (χ3n) is 2.16. The second kappa shape index (κ2) is 4.13. The van der Waals surface area contributed by atoms with Crippen molar-refractivity contribution >= 4 is 0 Å². The minimum atomic E-state index is -0.272. The van der Waals surface area contributed by atoms with Crippen LogP contribution in [0.15, 0.2) is 42.5 Å². The molecule has 15 heavy (non-hydrogen) atoms. The molecule has 0 spiro atoms. The van der Waals surface area contributed by atoms with Crippen LogP contribution in [0.4, 0.5) is 4.39 Å². The molecule has 2 aromatic rings. The molecule has 0 saturated heterocycles. The highest BCUT2D eigenvalue weighted by Gasteiger charge is 2.04. The average molecular weight is 201 g/mol. The first-order chi connectivity index (χ1) is 7.31. The molecule has 75 valence electrons. The van der Waals surface area contributed by atoms with Gasteiger partial charge in [0.2, 0.25) is 0 Å². The lowest BCUT2D eigenvalue weighted by molar-refractivity contribution is 0.415. The Balaban J connectivity index is 2.49. The molecule has 0 aromatic heterocycles. The minimum absolute atomic E-state index is 0.272. The predicted molar refractivity (Wildman–Crippen MR) is 57.2 cm³/mol. The Bertz CT molecular complexity index is 466. The lowest BCUT2D eigenvalue weighted by Crippen LogP contribution is -1.86. The van der Waals surface area contributed by atoms with Crippen LogP contribution in [0.5, 0.6) is 5.75 Å². The highest BCUT2D eigenvalue weighted by atomic mass is 19.1. The van der Waals surface area contributed by atoms with Crippen LogP contribution in [0.3, 0.4) is 0 Å². The summed E-state index contributed by atoms with van der Waals surface area (Å²) in [7, 11) is 1.59. The Labute approximate surface area is 88.1 Å². The van der Waals surface area contributed by atoms with Gasteiger partial charge in [-0.15, -0.1) is 0 Å². The molecule has 1 radical (unpaired) electrons. The first kappa shape index (κ1) is 9.71. The van der Waals surface area contributed by atoms with Gasteiger partial charge in [-0.1, -0.05) is 24.3 Å². The molecule has 0 fully saturated rings. The molecule has 2 aromatic carbocycles. The Kier molecular flexibility index (Phi) is 2.68. The molecule has 0 bridgehead atoms. The van der Waals surface area contributed by atoms with E-state index in [2.05, 4.69) is 6.07 Å². The summed E-state index contributed by atoms with van der Waals surface area (Å²) in [6.07, 6.45) is 0. The van der Waals surface area contributed by atoms with Gasteiger partial charge in [-0.2, -0.15) is 0 Å². The second-order valence-electron chi connectivity index (χ2n) is 3.13. The third-order valence-corrected chi connectivity index (χ3v) is 2.16. The van der Waals surface area contributed by atoms with Gasteiger partial charge in [0.05, 0.1) is 7.11 Å². The zero-order valence-electron chi connectivity index (χ0n) is 8.33. The van der Waals surface area contributed by atoms with Crippen molar-refractivity contribution in [2.75, 3.05) is 7.11 Å². The van der Waals surface area contributed by atoms with E-state index >= 15 is 0 Å². The van der Waals surface area contributed by atoms with Crippen molar-refractivity contribution in [3.8, 4) is 16.9 Å². The van der Waals surface area contributed by atoms with Crippen molar-refractivity contribution in [3.63, 3.8) is 0 Å². The standard InChI is InChI=1S/C13H10FO/c1-15-11-6-4-5-10(9-11)12-7-2-3-8-13(12)14/h2-6,8-9H,1H3. The summed E-state index contributed by atoms with van der Waals surface area (Å²) in [4.78, 5) is 0. The number of halogens is 1. The van der Waals surface area contributed by atoms with Crippen molar-refractivity contribution in [1.29, 1.82) is 0 Å². The monoisotopic (exact) mass is 201 g/mol. The van der Waals surface area contributed by atoms with E-state index in [4.69, 9.17) is 4.74 Å². The Morgan fingerprint density at radius 2 is 2.07 bits per heavy atom. The highest BCUT2D eigenvalue weighted by Crippen LogP contribution is 2.25. The molecule has 0 N–H and O–H groups in total. The number of ether oxygens (including phenoxy) is 1. The van der Waals surface area contributed by atoms with E-state index in [1.807, 2.05) is 18.2 Å². The molecule has 0 amide bonds. The Hall–Kier alpha value is -1.83. The van der Waals surface area contributed by atoms with E-state index in [9.17, 15) is 4.39 Å². The molecule has 0 unspecified atom stereocenters. The average Bonchev–Trinajstić information content (AvgIpc) is 2.30. The summed E-state index contributed by atoms with van der Waals surface area (Å²) >= 11 is 0. The van der Waals surface area contributed by atoms with Crippen molar-refractivity contribution in [2.24, 2.45) is 0 Å². The van der Waals surface area contributed by atoms with Crippen molar-refractivity contribution in [2.45, 2.75) is 0 Å². The van der Waals surface area contributed by atoms with Crippen LogP contribution in [0.2, 0.25) is 0 Å². The van der Waals surface area contributed by atoms with E-state index in [1.165, 1.54) is 6.07 Å². The number of benzene rings is 2. The maximum absolute atomic E-state index is 13.4. The fourth-order valence-electron chi connectivity index (χ4n) is 1.42. The fraction of sp³-hybridized carbons (Fsp3) is 0.0769. The van der Waals surface area contributed by atoms with Crippen LogP contribution in [-0.4, -0.2) is 7.11 Å². The van der Waals surface area contributed by atoms with Crippen LogP contribution < -0.4 is 4.74 Å². The molecule has 2 rings (SSSR count). The first-order valence-electron chi connectivity index (χ1n) is 4.62. The van der Waals surface area contributed by atoms with E-state index in [0.29, 0.717) is 11.3 Å². The maximum Gasteiger partial charge on any atom is 0.131 e. The first-order valence-corrected chi connectivity index (χ1v) is 4.62. The number of hydrogen-bond donors (Lipinski definition) is 0. The smallest absolute Gasteiger partial charge is 0.131 e.